The van der Waals surface area contributed by atoms with E-state index in [0.29, 0.717) is 16.9 Å². The summed E-state index contributed by atoms with van der Waals surface area (Å²) in [5.41, 5.74) is 0.770. The summed E-state index contributed by atoms with van der Waals surface area (Å²) in [6, 6.07) is 0. The normalized spacial score (nSPS) is 15.6. The van der Waals surface area contributed by atoms with E-state index in [2.05, 4.69) is 47.1 Å². The van der Waals surface area contributed by atoms with Crippen LogP contribution in [0.1, 0.15) is 46.5 Å². The predicted molar refractivity (Wildman–Crippen MR) is 81.5 cm³/mol. The average Bonchev–Trinajstić information content (AvgIpc) is 3.18. The van der Waals surface area contributed by atoms with Gasteiger partial charge in [0, 0.05) is 12.1 Å². The van der Waals surface area contributed by atoms with Gasteiger partial charge in [0.1, 0.15) is 4.47 Å². The highest BCUT2D eigenvalue weighted by atomic mass is 79.9. The standard InChI is InChI=1S/C14H22BrN3O/c1-4-5-8-18-13(19)12(15)11(9-16-18)17-14(2,3)10-6-7-10/h9-10,17H,4-8H2,1-3H3. The first kappa shape index (κ1) is 14.6. The van der Waals surface area contributed by atoms with Gasteiger partial charge >= 0.3 is 0 Å². The zero-order valence-corrected chi connectivity index (χ0v) is 13.5. The molecule has 1 saturated carbocycles. The molecule has 19 heavy (non-hydrogen) atoms. The molecule has 1 aromatic heterocycles. The molecule has 2 rings (SSSR count). The fraction of sp³-hybridized carbons (Fsp3) is 0.714. The van der Waals surface area contributed by atoms with Crippen molar-refractivity contribution in [2.45, 2.75) is 58.5 Å². The maximum atomic E-state index is 12.2. The molecule has 1 aromatic rings. The SMILES string of the molecule is CCCCn1ncc(NC(C)(C)C2CC2)c(Br)c1=O. The van der Waals surface area contributed by atoms with Crippen LogP contribution in [-0.4, -0.2) is 15.3 Å². The van der Waals surface area contributed by atoms with Gasteiger partial charge in [0.15, 0.2) is 0 Å². The molecule has 0 aliphatic heterocycles. The highest BCUT2D eigenvalue weighted by Crippen LogP contribution is 2.41. The van der Waals surface area contributed by atoms with Crippen molar-refractivity contribution in [1.29, 1.82) is 0 Å². The van der Waals surface area contributed by atoms with Crippen molar-refractivity contribution in [3.8, 4) is 0 Å². The van der Waals surface area contributed by atoms with Crippen molar-refractivity contribution in [2.24, 2.45) is 5.92 Å². The van der Waals surface area contributed by atoms with Gasteiger partial charge in [-0.05, 0) is 55.0 Å². The van der Waals surface area contributed by atoms with Gasteiger partial charge in [-0.25, -0.2) is 4.68 Å². The third-order valence-electron chi connectivity index (χ3n) is 3.76. The van der Waals surface area contributed by atoms with Gasteiger partial charge in [-0.1, -0.05) is 13.3 Å². The molecule has 5 heteroatoms. The molecule has 0 saturated heterocycles. The Morgan fingerprint density at radius 3 is 2.79 bits per heavy atom. The monoisotopic (exact) mass is 327 g/mol. The van der Waals surface area contributed by atoms with Crippen molar-refractivity contribution < 1.29 is 0 Å². The molecule has 1 aliphatic rings. The molecule has 1 N–H and O–H groups in total. The van der Waals surface area contributed by atoms with E-state index in [9.17, 15) is 4.79 Å². The van der Waals surface area contributed by atoms with Crippen molar-refractivity contribution >= 4 is 21.6 Å². The number of halogens is 1. The van der Waals surface area contributed by atoms with Crippen LogP contribution in [0.5, 0.6) is 0 Å². The second-order valence-electron chi connectivity index (χ2n) is 5.88. The van der Waals surface area contributed by atoms with Crippen LogP contribution in [-0.2, 0) is 6.54 Å². The van der Waals surface area contributed by atoms with Gasteiger partial charge in [-0.3, -0.25) is 4.79 Å². The first-order valence-electron chi connectivity index (χ1n) is 6.99. The lowest BCUT2D eigenvalue weighted by Crippen LogP contribution is -2.35. The second kappa shape index (κ2) is 5.65. The highest BCUT2D eigenvalue weighted by Gasteiger charge is 2.38. The topological polar surface area (TPSA) is 46.9 Å². The molecule has 4 nitrogen and oxygen atoms in total. The summed E-state index contributed by atoms with van der Waals surface area (Å²) >= 11 is 3.41. The summed E-state index contributed by atoms with van der Waals surface area (Å²) in [7, 11) is 0. The Hall–Kier alpha value is -0.840. The molecular weight excluding hydrogens is 306 g/mol. The van der Waals surface area contributed by atoms with E-state index in [1.165, 1.54) is 17.5 Å². The molecule has 0 atom stereocenters. The van der Waals surface area contributed by atoms with E-state index in [4.69, 9.17) is 0 Å². The molecule has 0 radical (unpaired) electrons. The molecule has 106 valence electrons. The summed E-state index contributed by atoms with van der Waals surface area (Å²) in [6.45, 7) is 7.15. The highest BCUT2D eigenvalue weighted by molar-refractivity contribution is 9.10. The fourth-order valence-electron chi connectivity index (χ4n) is 2.27. The minimum atomic E-state index is -0.0509. The second-order valence-corrected chi connectivity index (χ2v) is 6.67. The van der Waals surface area contributed by atoms with Crippen molar-refractivity contribution in [1.82, 2.24) is 9.78 Å². The minimum Gasteiger partial charge on any atom is -0.378 e. The lowest BCUT2D eigenvalue weighted by Gasteiger charge is -2.27. The third-order valence-corrected chi connectivity index (χ3v) is 4.53. The summed E-state index contributed by atoms with van der Waals surface area (Å²) in [6.07, 6.45) is 6.31. The molecular formula is C14H22BrN3O. The van der Waals surface area contributed by atoms with Crippen LogP contribution in [0.2, 0.25) is 0 Å². The number of anilines is 1. The Morgan fingerprint density at radius 2 is 2.21 bits per heavy atom. The Labute approximate surface area is 122 Å². The van der Waals surface area contributed by atoms with E-state index in [1.54, 1.807) is 6.20 Å². The minimum absolute atomic E-state index is 0.0201. The van der Waals surface area contributed by atoms with Crippen molar-refractivity contribution in [3.05, 3.63) is 21.0 Å². The van der Waals surface area contributed by atoms with Crippen LogP contribution in [0.25, 0.3) is 0 Å². The molecule has 0 spiro atoms. The van der Waals surface area contributed by atoms with Crippen LogP contribution >= 0.6 is 15.9 Å². The number of aryl methyl sites for hydroxylation is 1. The van der Waals surface area contributed by atoms with Gasteiger partial charge in [0.25, 0.3) is 5.56 Å². The smallest absolute Gasteiger partial charge is 0.283 e. The quantitative estimate of drug-likeness (QED) is 0.870. The zero-order valence-electron chi connectivity index (χ0n) is 11.9. The van der Waals surface area contributed by atoms with Crippen molar-refractivity contribution in [2.75, 3.05) is 5.32 Å². The van der Waals surface area contributed by atoms with Gasteiger partial charge in [0.05, 0.1) is 11.9 Å². The maximum absolute atomic E-state index is 12.2. The predicted octanol–water partition coefficient (Wildman–Crippen LogP) is 3.41. The molecule has 1 heterocycles. The number of aromatic nitrogens is 2. The lowest BCUT2D eigenvalue weighted by molar-refractivity contribution is 0.491. The summed E-state index contributed by atoms with van der Waals surface area (Å²) < 4.78 is 2.12. The van der Waals surface area contributed by atoms with E-state index in [0.717, 1.165) is 18.5 Å². The zero-order chi connectivity index (χ0) is 14.0. The largest absolute Gasteiger partial charge is 0.378 e. The Kier molecular flexibility index (Phi) is 4.33. The van der Waals surface area contributed by atoms with E-state index >= 15 is 0 Å². The first-order valence-corrected chi connectivity index (χ1v) is 7.79. The number of hydrogen-bond acceptors (Lipinski definition) is 3. The van der Waals surface area contributed by atoms with E-state index in [-0.39, 0.29) is 11.1 Å². The van der Waals surface area contributed by atoms with E-state index < -0.39 is 0 Å². The number of nitrogens with one attached hydrogen (secondary N) is 1. The number of nitrogens with zero attached hydrogens (tertiary/aromatic N) is 2. The third kappa shape index (κ3) is 3.38. The van der Waals surface area contributed by atoms with Gasteiger partial charge in [0.2, 0.25) is 0 Å². The van der Waals surface area contributed by atoms with Crippen LogP contribution in [0, 0.1) is 5.92 Å². The van der Waals surface area contributed by atoms with Crippen LogP contribution in [0.3, 0.4) is 0 Å². The summed E-state index contributed by atoms with van der Waals surface area (Å²) in [5, 5.41) is 7.70. The van der Waals surface area contributed by atoms with Crippen LogP contribution in [0.15, 0.2) is 15.5 Å². The maximum Gasteiger partial charge on any atom is 0.283 e. The van der Waals surface area contributed by atoms with Gasteiger partial charge in [-0.15, -0.1) is 0 Å². The Bertz CT molecular complexity index is 506. The molecule has 0 aromatic carbocycles. The Balaban J connectivity index is 2.18. The molecule has 0 unspecified atom stereocenters. The fourth-order valence-corrected chi connectivity index (χ4v) is 2.68. The average molecular weight is 328 g/mol. The van der Waals surface area contributed by atoms with Gasteiger partial charge < -0.3 is 5.32 Å². The molecule has 1 fully saturated rings. The summed E-state index contributed by atoms with van der Waals surface area (Å²) in [4.78, 5) is 12.2. The summed E-state index contributed by atoms with van der Waals surface area (Å²) in [5.74, 6) is 0.696. The Morgan fingerprint density at radius 1 is 1.53 bits per heavy atom. The van der Waals surface area contributed by atoms with Crippen LogP contribution in [0.4, 0.5) is 5.69 Å². The number of hydrogen-bond donors (Lipinski definition) is 1. The molecule has 0 amide bonds. The van der Waals surface area contributed by atoms with Gasteiger partial charge in [-0.2, -0.15) is 5.10 Å². The molecule has 1 aliphatic carbocycles. The van der Waals surface area contributed by atoms with E-state index in [1.807, 2.05) is 0 Å². The lowest BCUT2D eigenvalue weighted by atomic mass is 9.98. The first-order chi connectivity index (χ1) is 8.95. The number of rotatable bonds is 6. The number of unbranched alkanes of at least 4 members (excludes halogenated alkanes) is 1. The molecule has 0 bridgehead atoms. The van der Waals surface area contributed by atoms with Crippen LogP contribution < -0.4 is 10.9 Å². The van der Waals surface area contributed by atoms with Crippen molar-refractivity contribution in [3.63, 3.8) is 0 Å².